The van der Waals surface area contributed by atoms with Crippen LogP contribution in [0.1, 0.15) is 64.7 Å². The van der Waals surface area contributed by atoms with Crippen LogP contribution in [0.15, 0.2) is 5.10 Å². The van der Waals surface area contributed by atoms with E-state index in [9.17, 15) is 18.0 Å². The molecule has 3 rings (SSSR count). The Balaban J connectivity index is 1.58. The smallest absolute Gasteiger partial charge is 0.267 e. The van der Waals surface area contributed by atoms with E-state index in [0.717, 1.165) is 31.6 Å². The lowest BCUT2D eigenvalue weighted by atomic mass is 9.83. The second-order valence-corrected chi connectivity index (χ2v) is 10.1. The molecule has 0 radical (unpaired) electrons. The fourth-order valence-corrected chi connectivity index (χ4v) is 5.95. The van der Waals surface area contributed by atoms with Gasteiger partial charge in [0.1, 0.15) is 5.71 Å². The van der Waals surface area contributed by atoms with Crippen molar-refractivity contribution in [2.24, 2.45) is 11.0 Å². The predicted molar refractivity (Wildman–Crippen MR) is 99.4 cm³/mol. The molecule has 0 aromatic heterocycles. The number of rotatable bonds is 5. The molecule has 1 N–H and O–H groups in total. The van der Waals surface area contributed by atoms with Crippen LogP contribution in [0, 0.1) is 5.92 Å². The number of hydrogen-bond acceptors (Lipinski definition) is 5. The number of hydrazone groups is 1. The van der Waals surface area contributed by atoms with Gasteiger partial charge in [-0.1, -0.05) is 19.8 Å². The zero-order valence-corrected chi connectivity index (χ0v) is 16.3. The summed E-state index contributed by atoms with van der Waals surface area (Å²) in [6.07, 6.45) is 7.69. The lowest BCUT2D eigenvalue weighted by Gasteiger charge is -2.30. The van der Waals surface area contributed by atoms with E-state index in [0.29, 0.717) is 18.6 Å². The van der Waals surface area contributed by atoms with Crippen molar-refractivity contribution in [2.45, 2.75) is 76.8 Å². The topological polar surface area (TPSA) is 95.9 Å². The van der Waals surface area contributed by atoms with Crippen LogP contribution in [0.5, 0.6) is 0 Å². The van der Waals surface area contributed by atoms with Crippen molar-refractivity contribution in [1.29, 1.82) is 0 Å². The fraction of sp³-hybridized carbons (Fsp3) is 0.833. The summed E-state index contributed by atoms with van der Waals surface area (Å²) in [6, 6.07) is -0.253. The number of sulfone groups is 1. The van der Waals surface area contributed by atoms with Gasteiger partial charge in [-0.25, -0.2) is 13.4 Å². The summed E-state index contributed by atoms with van der Waals surface area (Å²) in [5.41, 5.74) is 0.351. The van der Waals surface area contributed by atoms with Gasteiger partial charge in [-0.15, -0.1) is 0 Å². The molecule has 0 spiro atoms. The largest absolute Gasteiger partial charge is 0.348 e. The fourth-order valence-electron chi connectivity index (χ4n) is 4.26. The Kier molecular flexibility index (Phi) is 5.99. The molecule has 3 aliphatic rings. The summed E-state index contributed by atoms with van der Waals surface area (Å²) in [5.74, 6) is 0.404. The van der Waals surface area contributed by atoms with E-state index in [4.69, 9.17) is 0 Å². The maximum absolute atomic E-state index is 12.6. The minimum Gasteiger partial charge on any atom is -0.348 e. The minimum absolute atomic E-state index is 0.0570. The summed E-state index contributed by atoms with van der Waals surface area (Å²) in [5, 5.41) is 8.56. The van der Waals surface area contributed by atoms with Crippen molar-refractivity contribution in [3.8, 4) is 0 Å². The van der Waals surface area contributed by atoms with Crippen LogP contribution in [-0.4, -0.2) is 54.5 Å². The van der Waals surface area contributed by atoms with Crippen molar-refractivity contribution in [3.05, 3.63) is 0 Å². The number of amides is 2. The third-order valence-corrected chi connectivity index (χ3v) is 7.51. The summed E-state index contributed by atoms with van der Waals surface area (Å²) < 4.78 is 23.4. The van der Waals surface area contributed by atoms with Gasteiger partial charge in [0.2, 0.25) is 5.91 Å². The van der Waals surface area contributed by atoms with Gasteiger partial charge in [0.25, 0.3) is 5.91 Å². The van der Waals surface area contributed by atoms with Crippen LogP contribution in [0.3, 0.4) is 0 Å². The molecule has 2 heterocycles. The van der Waals surface area contributed by atoms with Gasteiger partial charge in [-0.05, 0) is 38.0 Å². The Morgan fingerprint density at radius 3 is 2.54 bits per heavy atom. The molecule has 0 aromatic rings. The Morgan fingerprint density at radius 2 is 1.92 bits per heavy atom. The molecule has 1 aliphatic carbocycles. The first-order chi connectivity index (χ1) is 12.4. The molecule has 1 atom stereocenters. The average molecular weight is 384 g/mol. The molecule has 2 amide bonds. The number of nitrogens with one attached hydrogen (secondary N) is 1. The SMILES string of the molecule is CCCC1CCC(NC(=O)C2=NN([C@H]3CCS(=O)(=O)C3)C(=O)CC2)CC1. The zero-order chi connectivity index (χ0) is 18.7. The van der Waals surface area contributed by atoms with Crippen LogP contribution in [-0.2, 0) is 19.4 Å². The van der Waals surface area contributed by atoms with E-state index in [2.05, 4.69) is 17.3 Å². The average Bonchev–Trinajstić information content (AvgIpc) is 2.97. The molecule has 2 aliphatic heterocycles. The van der Waals surface area contributed by atoms with E-state index in [1.807, 2.05) is 0 Å². The van der Waals surface area contributed by atoms with E-state index >= 15 is 0 Å². The quantitative estimate of drug-likeness (QED) is 0.780. The summed E-state index contributed by atoms with van der Waals surface area (Å²) >= 11 is 0. The van der Waals surface area contributed by atoms with Crippen LogP contribution in [0.25, 0.3) is 0 Å². The van der Waals surface area contributed by atoms with Gasteiger partial charge in [-0.3, -0.25) is 9.59 Å². The van der Waals surface area contributed by atoms with Gasteiger partial charge in [0.05, 0.1) is 17.5 Å². The van der Waals surface area contributed by atoms with Crippen molar-refractivity contribution >= 4 is 27.4 Å². The van der Waals surface area contributed by atoms with Crippen molar-refractivity contribution in [1.82, 2.24) is 10.3 Å². The molecule has 1 saturated heterocycles. The maximum atomic E-state index is 12.6. The third-order valence-electron chi connectivity index (χ3n) is 5.75. The first-order valence-electron chi connectivity index (χ1n) is 9.78. The highest BCUT2D eigenvalue weighted by atomic mass is 32.2. The van der Waals surface area contributed by atoms with Gasteiger partial charge in [-0.2, -0.15) is 5.10 Å². The van der Waals surface area contributed by atoms with Crippen molar-refractivity contribution in [2.75, 3.05) is 11.5 Å². The number of nitrogens with zero attached hydrogens (tertiary/aromatic N) is 2. The zero-order valence-electron chi connectivity index (χ0n) is 15.4. The first-order valence-corrected chi connectivity index (χ1v) is 11.6. The highest BCUT2D eigenvalue weighted by Crippen LogP contribution is 2.28. The molecule has 0 unspecified atom stereocenters. The van der Waals surface area contributed by atoms with Crippen LogP contribution in [0.2, 0.25) is 0 Å². The van der Waals surface area contributed by atoms with Crippen molar-refractivity contribution in [3.63, 3.8) is 0 Å². The number of hydrogen-bond donors (Lipinski definition) is 1. The second-order valence-electron chi connectivity index (χ2n) is 7.82. The summed E-state index contributed by atoms with van der Waals surface area (Å²) in [7, 11) is -3.10. The number of carbonyl (C=O) groups excluding carboxylic acids is 2. The summed E-state index contributed by atoms with van der Waals surface area (Å²) in [6.45, 7) is 2.21. The highest BCUT2D eigenvalue weighted by Gasteiger charge is 2.37. The standard InChI is InChI=1S/C18H29N3O4S/c1-2-3-13-4-6-14(7-5-13)19-18(23)16-8-9-17(22)21(20-16)15-10-11-26(24,25)12-15/h13-15H,2-12H2,1H3,(H,19,23)/t13?,14?,15-/m0/s1. The highest BCUT2D eigenvalue weighted by molar-refractivity contribution is 7.91. The monoisotopic (exact) mass is 383 g/mol. The Bertz CT molecular complexity index is 681. The van der Waals surface area contributed by atoms with Crippen molar-refractivity contribution < 1.29 is 18.0 Å². The normalized spacial score (nSPS) is 31.6. The Labute approximate surface area is 155 Å². The third kappa shape index (κ3) is 4.64. The van der Waals surface area contributed by atoms with Crippen LogP contribution >= 0.6 is 0 Å². The van der Waals surface area contributed by atoms with Gasteiger partial charge < -0.3 is 5.32 Å². The lowest BCUT2D eigenvalue weighted by Crippen LogP contribution is -2.46. The molecule has 26 heavy (non-hydrogen) atoms. The number of carbonyl (C=O) groups is 2. The van der Waals surface area contributed by atoms with Gasteiger partial charge in [0.15, 0.2) is 9.84 Å². The molecule has 8 heteroatoms. The molecular weight excluding hydrogens is 354 g/mol. The van der Waals surface area contributed by atoms with Crippen LogP contribution in [0.4, 0.5) is 0 Å². The van der Waals surface area contributed by atoms with Gasteiger partial charge in [0, 0.05) is 18.9 Å². The van der Waals surface area contributed by atoms with E-state index < -0.39 is 15.9 Å². The Hall–Kier alpha value is -1.44. The second kappa shape index (κ2) is 8.06. The Morgan fingerprint density at radius 1 is 1.19 bits per heavy atom. The minimum atomic E-state index is -3.10. The molecular formula is C18H29N3O4S. The van der Waals surface area contributed by atoms with E-state index in [-0.39, 0.29) is 35.8 Å². The molecule has 1 saturated carbocycles. The predicted octanol–water partition coefficient (Wildman–Crippen LogP) is 1.63. The first kappa shape index (κ1) is 19.3. The molecule has 2 fully saturated rings. The lowest BCUT2D eigenvalue weighted by molar-refractivity contribution is -0.133. The van der Waals surface area contributed by atoms with Gasteiger partial charge >= 0.3 is 0 Å². The molecule has 7 nitrogen and oxygen atoms in total. The maximum Gasteiger partial charge on any atom is 0.267 e. The van der Waals surface area contributed by atoms with Crippen LogP contribution < -0.4 is 5.32 Å². The molecule has 0 aromatic carbocycles. The summed E-state index contributed by atoms with van der Waals surface area (Å²) in [4.78, 5) is 24.7. The van der Waals surface area contributed by atoms with E-state index in [1.165, 1.54) is 17.9 Å². The molecule has 146 valence electrons. The van der Waals surface area contributed by atoms with E-state index in [1.54, 1.807) is 0 Å². The molecule has 0 bridgehead atoms.